The molecule has 0 aliphatic heterocycles. The van der Waals surface area contributed by atoms with Crippen LogP contribution in [0.2, 0.25) is 0 Å². The Labute approximate surface area is 101 Å². The summed E-state index contributed by atoms with van der Waals surface area (Å²) in [5.74, 6) is 1.91. The van der Waals surface area contributed by atoms with Crippen LogP contribution >= 0.6 is 12.2 Å². The SMILES string of the molecule is S=c1[nH]nc(C2CCC2)n1C1CCCCC1. The highest BCUT2D eigenvalue weighted by atomic mass is 32.1. The van der Waals surface area contributed by atoms with Gasteiger partial charge >= 0.3 is 0 Å². The van der Waals surface area contributed by atoms with Crippen LogP contribution in [-0.4, -0.2) is 14.8 Å². The Morgan fingerprint density at radius 2 is 1.81 bits per heavy atom. The van der Waals surface area contributed by atoms with Gasteiger partial charge in [0.25, 0.3) is 0 Å². The largest absolute Gasteiger partial charge is 0.301 e. The first-order valence-corrected chi connectivity index (χ1v) is 6.94. The highest BCUT2D eigenvalue weighted by Gasteiger charge is 2.28. The molecule has 0 aromatic carbocycles. The molecule has 2 fully saturated rings. The summed E-state index contributed by atoms with van der Waals surface area (Å²) in [6, 6.07) is 0.621. The van der Waals surface area contributed by atoms with Crippen LogP contribution in [0.15, 0.2) is 0 Å². The third kappa shape index (κ3) is 1.73. The van der Waals surface area contributed by atoms with Gasteiger partial charge in [-0.2, -0.15) is 5.10 Å². The molecule has 0 unspecified atom stereocenters. The van der Waals surface area contributed by atoms with Gasteiger partial charge in [-0.1, -0.05) is 25.7 Å². The summed E-state index contributed by atoms with van der Waals surface area (Å²) in [6.07, 6.45) is 10.6. The number of aromatic nitrogens is 3. The van der Waals surface area contributed by atoms with Gasteiger partial charge in [0.2, 0.25) is 0 Å². The van der Waals surface area contributed by atoms with Crippen molar-refractivity contribution in [1.29, 1.82) is 0 Å². The van der Waals surface area contributed by atoms with E-state index in [-0.39, 0.29) is 0 Å². The number of hydrogen-bond donors (Lipinski definition) is 1. The summed E-state index contributed by atoms with van der Waals surface area (Å²) in [7, 11) is 0. The van der Waals surface area contributed by atoms with Gasteiger partial charge in [-0.05, 0) is 37.9 Å². The van der Waals surface area contributed by atoms with Crippen LogP contribution in [-0.2, 0) is 0 Å². The van der Waals surface area contributed by atoms with Crippen LogP contribution in [0.4, 0.5) is 0 Å². The molecule has 2 aliphatic carbocycles. The zero-order valence-electron chi connectivity index (χ0n) is 9.61. The monoisotopic (exact) mass is 237 g/mol. The normalized spacial score (nSPS) is 23.2. The summed E-state index contributed by atoms with van der Waals surface area (Å²) in [5.41, 5.74) is 0. The topological polar surface area (TPSA) is 33.6 Å². The van der Waals surface area contributed by atoms with Crippen molar-refractivity contribution >= 4 is 12.2 Å². The van der Waals surface area contributed by atoms with Gasteiger partial charge in [-0.25, -0.2) is 0 Å². The van der Waals surface area contributed by atoms with Crippen molar-refractivity contribution in [3.05, 3.63) is 10.6 Å². The van der Waals surface area contributed by atoms with E-state index < -0.39 is 0 Å². The molecule has 16 heavy (non-hydrogen) atoms. The van der Waals surface area contributed by atoms with Crippen molar-refractivity contribution in [2.75, 3.05) is 0 Å². The van der Waals surface area contributed by atoms with Crippen LogP contribution in [0.3, 0.4) is 0 Å². The second-order valence-corrected chi connectivity index (χ2v) is 5.56. The molecule has 3 nitrogen and oxygen atoms in total. The lowest BCUT2D eigenvalue weighted by atomic mass is 9.84. The van der Waals surface area contributed by atoms with Crippen LogP contribution in [0.1, 0.15) is 69.2 Å². The second kappa shape index (κ2) is 4.32. The molecule has 4 heteroatoms. The molecule has 0 radical (unpaired) electrons. The predicted molar refractivity (Wildman–Crippen MR) is 66.1 cm³/mol. The van der Waals surface area contributed by atoms with Crippen LogP contribution in [0.25, 0.3) is 0 Å². The van der Waals surface area contributed by atoms with Crippen molar-refractivity contribution in [3.63, 3.8) is 0 Å². The average Bonchev–Trinajstić information content (AvgIpc) is 2.59. The second-order valence-electron chi connectivity index (χ2n) is 5.18. The number of nitrogens with one attached hydrogen (secondary N) is 1. The molecule has 1 heterocycles. The van der Waals surface area contributed by atoms with Gasteiger partial charge in [0.05, 0.1) is 0 Å². The first-order chi connectivity index (χ1) is 7.86. The maximum Gasteiger partial charge on any atom is 0.195 e. The molecular weight excluding hydrogens is 218 g/mol. The highest BCUT2D eigenvalue weighted by Crippen LogP contribution is 2.38. The minimum Gasteiger partial charge on any atom is -0.301 e. The Hall–Kier alpha value is -0.640. The summed E-state index contributed by atoms with van der Waals surface area (Å²) < 4.78 is 3.17. The van der Waals surface area contributed by atoms with Gasteiger partial charge in [-0.3, -0.25) is 5.10 Å². The lowest BCUT2D eigenvalue weighted by Crippen LogP contribution is -2.20. The van der Waals surface area contributed by atoms with E-state index in [0.717, 1.165) is 4.77 Å². The predicted octanol–water partition coefficient (Wildman–Crippen LogP) is 3.71. The Morgan fingerprint density at radius 3 is 2.44 bits per heavy atom. The molecule has 0 amide bonds. The summed E-state index contributed by atoms with van der Waals surface area (Å²) in [6.45, 7) is 0. The van der Waals surface area contributed by atoms with Gasteiger partial charge in [0.15, 0.2) is 4.77 Å². The van der Waals surface area contributed by atoms with Gasteiger partial charge < -0.3 is 4.57 Å². The van der Waals surface area contributed by atoms with E-state index in [2.05, 4.69) is 14.8 Å². The maximum atomic E-state index is 5.39. The molecule has 1 aromatic heterocycles. The van der Waals surface area contributed by atoms with Crippen LogP contribution < -0.4 is 0 Å². The molecule has 2 aliphatic rings. The first-order valence-electron chi connectivity index (χ1n) is 6.53. The number of aromatic amines is 1. The fraction of sp³-hybridized carbons (Fsp3) is 0.833. The Balaban J connectivity index is 1.91. The van der Waals surface area contributed by atoms with Gasteiger partial charge in [0.1, 0.15) is 5.82 Å². The molecule has 1 aromatic rings. The third-order valence-corrected chi connectivity index (χ3v) is 4.43. The van der Waals surface area contributed by atoms with Crippen molar-refractivity contribution in [2.24, 2.45) is 0 Å². The molecule has 0 atom stereocenters. The maximum absolute atomic E-state index is 5.39. The lowest BCUT2D eigenvalue weighted by molar-refractivity contribution is 0.315. The van der Waals surface area contributed by atoms with E-state index in [1.165, 1.54) is 57.2 Å². The van der Waals surface area contributed by atoms with E-state index in [0.29, 0.717) is 12.0 Å². The van der Waals surface area contributed by atoms with Crippen molar-refractivity contribution in [2.45, 2.75) is 63.3 Å². The minimum absolute atomic E-state index is 0.621. The standard InChI is InChI=1S/C12H19N3S/c16-12-14-13-11(9-5-4-6-9)15(12)10-7-2-1-3-8-10/h9-10H,1-8H2,(H,14,16). The lowest BCUT2D eigenvalue weighted by Gasteiger charge is -2.29. The number of hydrogen-bond acceptors (Lipinski definition) is 2. The minimum atomic E-state index is 0.621. The summed E-state index contributed by atoms with van der Waals surface area (Å²) in [5, 5.41) is 7.46. The van der Waals surface area contributed by atoms with E-state index in [9.17, 15) is 0 Å². The number of rotatable bonds is 2. The van der Waals surface area contributed by atoms with E-state index in [1.807, 2.05) is 0 Å². The quantitative estimate of drug-likeness (QED) is 0.795. The Bertz CT molecular complexity index is 410. The van der Waals surface area contributed by atoms with Crippen molar-refractivity contribution in [1.82, 2.24) is 14.8 Å². The van der Waals surface area contributed by atoms with Crippen molar-refractivity contribution in [3.8, 4) is 0 Å². The fourth-order valence-electron chi connectivity index (χ4n) is 2.96. The summed E-state index contributed by atoms with van der Waals surface area (Å²) >= 11 is 5.39. The smallest absolute Gasteiger partial charge is 0.195 e. The highest BCUT2D eigenvalue weighted by molar-refractivity contribution is 7.71. The Morgan fingerprint density at radius 1 is 1.06 bits per heavy atom. The average molecular weight is 237 g/mol. The van der Waals surface area contributed by atoms with E-state index >= 15 is 0 Å². The molecule has 2 saturated carbocycles. The van der Waals surface area contributed by atoms with Gasteiger partial charge in [0, 0.05) is 12.0 Å². The Kier molecular flexibility index (Phi) is 2.84. The van der Waals surface area contributed by atoms with Crippen LogP contribution in [0, 0.1) is 4.77 Å². The van der Waals surface area contributed by atoms with E-state index in [1.54, 1.807) is 0 Å². The first kappa shape index (κ1) is 10.5. The third-order valence-electron chi connectivity index (χ3n) is 4.14. The van der Waals surface area contributed by atoms with E-state index in [4.69, 9.17) is 12.2 Å². The fourth-order valence-corrected chi connectivity index (χ4v) is 3.25. The zero-order chi connectivity index (χ0) is 11.0. The zero-order valence-corrected chi connectivity index (χ0v) is 10.4. The van der Waals surface area contributed by atoms with Gasteiger partial charge in [-0.15, -0.1) is 0 Å². The van der Waals surface area contributed by atoms with Crippen molar-refractivity contribution < 1.29 is 0 Å². The summed E-state index contributed by atoms with van der Waals surface area (Å²) in [4.78, 5) is 0. The molecule has 3 rings (SSSR count). The molecule has 0 spiro atoms. The number of H-pyrrole nitrogens is 1. The molecule has 0 saturated heterocycles. The molecule has 88 valence electrons. The molecule has 0 bridgehead atoms. The number of nitrogens with zero attached hydrogens (tertiary/aromatic N) is 2. The molecular formula is C12H19N3S. The molecule has 1 N–H and O–H groups in total. The van der Waals surface area contributed by atoms with Crippen LogP contribution in [0.5, 0.6) is 0 Å².